The fraction of sp³-hybridized carbons (Fsp3) is 0.381. The first-order valence-electron chi connectivity index (χ1n) is 8.55. The van der Waals surface area contributed by atoms with Gasteiger partial charge in [0.05, 0.1) is 7.11 Å². The van der Waals surface area contributed by atoms with E-state index in [0.29, 0.717) is 30.4 Å². The third kappa shape index (κ3) is 5.52. The molecule has 0 aliphatic rings. The first-order valence-corrected chi connectivity index (χ1v) is 8.55. The molecule has 0 radical (unpaired) electrons. The monoisotopic (exact) mass is 341 g/mol. The third-order valence-corrected chi connectivity index (χ3v) is 3.80. The van der Waals surface area contributed by atoms with E-state index in [4.69, 9.17) is 9.47 Å². The normalized spacial score (nSPS) is 10.6. The highest BCUT2D eigenvalue weighted by molar-refractivity contribution is 5.94. The summed E-state index contributed by atoms with van der Waals surface area (Å²) in [7, 11) is 1.62. The number of ether oxygens (including phenoxy) is 2. The lowest BCUT2D eigenvalue weighted by molar-refractivity contribution is 0.0949. The van der Waals surface area contributed by atoms with Crippen molar-refractivity contribution < 1.29 is 14.3 Å². The molecule has 0 spiro atoms. The minimum absolute atomic E-state index is 0.0796. The number of hydrogen-bond donors (Lipinski definition) is 1. The maximum absolute atomic E-state index is 12.3. The average Bonchev–Trinajstić information content (AvgIpc) is 2.56. The average molecular weight is 341 g/mol. The third-order valence-electron chi connectivity index (χ3n) is 3.80. The van der Waals surface area contributed by atoms with Crippen molar-refractivity contribution in [1.29, 1.82) is 0 Å². The Kier molecular flexibility index (Phi) is 6.45. The maximum atomic E-state index is 12.3. The molecular formula is C21H27NO3. The van der Waals surface area contributed by atoms with E-state index in [2.05, 4.69) is 25.2 Å². The van der Waals surface area contributed by atoms with E-state index in [0.717, 1.165) is 22.4 Å². The molecule has 0 fully saturated rings. The summed E-state index contributed by atoms with van der Waals surface area (Å²) >= 11 is 0. The second kappa shape index (κ2) is 8.56. The summed E-state index contributed by atoms with van der Waals surface area (Å²) in [5, 5.41) is 2.93. The van der Waals surface area contributed by atoms with Crippen LogP contribution >= 0.6 is 0 Å². The Morgan fingerprint density at radius 1 is 1.08 bits per heavy atom. The molecule has 2 aromatic rings. The quantitative estimate of drug-likeness (QED) is 0.818. The summed E-state index contributed by atoms with van der Waals surface area (Å²) in [5.74, 6) is 1.86. The number of methoxy groups -OCH3 is 1. The minimum Gasteiger partial charge on any atom is -0.496 e. The minimum atomic E-state index is -0.0796. The van der Waals surface area contributed by atoms with E-state index < -0.39 is 0 Å². The van der Waals surface area contributed by atoms with E-state index in [9.17, 15) is 4.79 Å². The van der Waals surface area contributed by atoms with Gasteiger partial charge in [0.25, 0.3) is 5.91 Å². The van der Waals surface area contributed by atoms with Crippen molar-refractivity contribution >= 4 is 5.91 Å². The number of rotatable bonds is 7. The van der Waals surface area contributed by atoms with Gasteiger partial charge in [-0.05, 0) is 61.2 Å². The number of benzene rings is 2. The maximum Gasteiger partial charge on any atom is 0.251 e. The number of nitrogens with one attached hydrogen (secondary N) is 1. The van der Waals surface area contributed by atoms with Gasteiger partial charge in [0.2, 0.25) is 0 Å². The Labute approximate surface area is 150 Å². The van der Waals surface area contributed by atoms with Gasteiger partial charge in [0, 0.05) is 17.7 Å². The summed E-state index contributed by atoms with van der Waals surface area (Å²) in [6.45, 7) is 9.21. The molecule has 0 saturated carbocycles. The highest BCUT2D eigenvalue weighted by Gasteiger charge is 2.11. The van der Waals surface area contributed by atoms with Gasteiger partial charge < -0.3 is 14.8 Å². The largest absolute Gasteiger partial charge is 0.496 e. The second-order valence-electron chi connectivity index (χ2n) is 6.74. The van der Waals surface area contributed by atoms with Gasteiger partial charge >= 0.3 is 0 Å². The van der Waals surface area contributed by atoms with Crippen LogP contribution in [-0.2, 0) is 6.61 Å². The molecule has 1 amide bonds. The molecule has 4 nitrogen and oxygen atoms in total. The fourth-order valence-corrected chi connectivity index (χ4v) is 2.61. The summed E-state index contributed by atoms with van der Waals surface area (Å²) in [5.41, 5.74) is 3.77. The lowest BCUT2D eigenvalue weighted by atomic mass is 10.1. The van der Waals surface area contributed by atoms with Gasteiger partial charge in [-0.3, -0.25) is 4.79 Å². The number of amides is 1. The Morgan fingerprint density at radius 2 is 1.76 bits per heavy atom. The van der Waals surface area contributed by atoms with Crippen LogP contribution in [-0.4, -0.2) is 19.6 Å². The number of carbonyl (C=O) groups is 1. The lowest BCUT2D eigenvalue weighted by Gasteiger charge is -2.13. The Bertz CT molecular complexity index is 718. The van der Waals surface area contributed by atoms with Crippen molar-refractivity contribution in [1.82, 2.24) is 5.32 Å². The van der Waals surface area contributed by atoms with Crippen molar-refractivity contribution in [3.8, 4) is 11.5 Å². The van der Waals surface area contributed by atoms with Gasteiger partial charge in [0.1, 0.15) is 18.1 Å². The van der Waals surface area contributed by atoms with Crippen molar-refractivity contribution in [3.63, 3.8) is 0 Å². The summed E-state index contributed by atoms with van der Waals surface area (Å²) < 4.78 is 11.3. The zero-order valence-electron chi connectivity index (χ0n) is 15.7. The van der Waals surface area contributed by atoms with Crippen molar-refractivity contribution in [2.45, 2.75) is 34.3 Å². The van der Waals surface area contributed by atoms with Crippen LogP contribution in [0.5, 0.6) is 11.5 Å². The molecule has 2 aromatic carbocycles. The Hall–Kier alpha value is -2.49. The van der Waals surface area contributed by atoms with Crippen molar-refractivity contribution in [3.05, 3.63) is 58.7 Å². The number of carbonyl (C=O) groups excluding carboxylic acids is 1. The molecule has 0 bridgehead atoms. The smallest absolute Gasteiger partial charge is 0.251 e. The van der Waals surface area contributed by atoms with Gasteiger partial charge in [0.15, 0.2) is 0 Å². The molecule has 1 N–H and O–H groups in total. The Morgan fingerprint density at radius 3 is 2.36 bits per heavy atom. The molecule has 0 saturated heterocycles. The molecule has 0 heterocycles. The van der Waals surface area contributed by atoms with Crippen LogP contribution in [0, 0.1) is 19.8 Å². The van der Waals surface area contributed by atoms with Crippen LogP contribution in [0.2, 0.25) is 0 Å². The fourth-order valence-electron chi connectivity index (χ4n) is 2.61. The molecule has 4 heteroatoms. The molecule has 2 rings (SSSR count). The van der Waals surface area contributed by atoms with E-state index in [1.807, 2.05) is 38.1 Å². The lowest BCUT2D eigenvalue weighted by Crippen LogP contribution is -2.27. The zero-order valence-corrected chi connectivity index (χ0v) is 15.7. The predicted octanol–water partition coefficient (Wildman–Crippen LogP) is 4.28. The summed E-state index contributed by atoms with van der Waals surface area (Å²) in [4.78, 5) is 12.3. The van der Waals surface area contributed by atoms with Crippen LogP contribution in [0.25, 0.3) is 0 Å². The molecule has 0 unspecified atom stereocenters. The first kappa shape index (κ1) is 18.8. The Balaban J connectivity index is 2.15. The van der Waals surface area contributed by atoms with Crippen LogP contribution in [0.3, 0.4) is 0 Å². The van der Waals surface area contributed by atoms with Crippen LogP contribution in [0.15, 0.2) is 36.4 Å². The summed E-state index contributed by atoms with van der Waals surface area (Å²) in [6.07, 6.45) is 0. The molecule has 0 aliphatic carbocycles. The van der Waals surface area contributed by atoms with Gasteiger partial charge in [-0.1, -0.05) is 19.9 Å². The van der Waals surface area contributed by atoms with E-state index in [-0.39, 0.29) is 5.91 Å². The molecule has 0 aromatic heterocycles. The number of aryl methyl sites for hydroxylation is 2. The summed E-state index contributed by atoms with van der Waals surface area (Å²) in [6, 6.07) is 11.5. The standard InChI is InChI=1S/C21H27NO3/c1-14(2)12-22-21(23)17-6-7-20(24-5)18(11-17)13-25-19-9-15(3)8-16(4)10-19/h6-11,14H,12-13H2,1-5H3,(H,22,23). The highest BCUT2D eigenvalue weighted by Crippen LogP contribution is 2.23. The van der Waals surface area contributed by atoms with E-state index >= 15 is 0 Å². The topological polar surface area (TPSA) is 47.6 Å². The van der Waals surface area contributed by atoms with Crippen molar-refractivity contribution in [2.75, 3.05) is 13.7 Å². The van der Waals surface area contributed by atoms with Crippen LogP contribution in [0.4, 0.5) is 0 Å². The molecule has 134 valence electrons. The second-order valence-corrected chi connectivity index (χ2v) is 6.74. The van der Waals surface area contributed by atoms with E-state index in [1.165, 1.54) is 0 Å². The predicted molar refractivity (Wildman–Crippen MR) is 100 cm³/mol. The van der Waals surface area contributed by atoms with Crippen molar-refractivity contribution in [2.24, 2.45) is 5.92 Å². The van der Waals surface area contributed by atoms with Crippen LogP contribution < -0.4 is 14.8 Å². The molecule has 25 heavy (non-hydrogen) atoms. The van der Waals surface area contributed by atoms with Gasteiger partial charge in [-0.25, -0.2) is 0 Å². The van der Waals surface area contributed by atoms with Gasteiger partial charge in [-0.2, -0.15) is 0 Å². The molecular weight excluding hydrogens is 314 g/mol. The SMILES string of the molecule is COc1ccc(C(=O)NCC(C)C)cc1COc1cc(C)cc(C)c1. The molecule has 0 atom stereocenters. The first-order chi connectivity index (χ1) is 11.9. The zero-order chi connectivity index (χ0) is 18.4. The number of hydrogen-bond acceptors (Lipinski definition) is 3. The highest BCUT2D eigenvalue weighted by atomic mass is 16.5. The van der Waals surface area contributed by atoms with Gasteiger partial charge in [-0.15, -0.1) is 0 Å². The van der Waals surface area contributed by atoms with E-state index in [1.54, 1.807) is 13.2 Å². The molecule has 0 aliphatic heterocycles. The van der Waals surface area contributed by atoms with Crippen LogP contribution in [0.1, 0.15) is 40.9 Å².